The minimum atomic E-state index is -1.00. The van der Waals surface area contributed by atoms with Crippen LogP contribution in [0.25, 0.3) is 0 Å². The fraction of sp³-hybridized carbons (Fsp3) is 0.500. The van der Waals surface area contributed by atoms with E-state index in [1.54, 1.807) is 0 Å². The summed E-state index contributed by atoms with van der Waals surface area (Å²) in [5, 5.41) is 0. The molecule has 0 aromatic rings. The number of hydrogen-bond acceptors (Lipinski definition) is 8. The van der Waals surface area contributed by atoms with E-state index in [9.17, 15) is 9.59 Å². The molecule has 112 valence electrons. The summed E-state index contributed by atoms with van der Waals surface area (Å²) in [5.74, 6) is -1.15. The SMILES string of the molecule is COC(=O)/C=C1\OC(OC)/C(=C/C(=O)OC)OC1OC. The van der Waals surface area contributed by atoms with Crippen LogP contribution in [0.3, 0.4) is 0 Å². The molecule has 8 nitrogen and oxygen atoms in total. The second-order valence-electron chi connectivity index (χ2n) is 3.51. The van der Waals surface area contributed by atoms with E-state index < -0.39 is 24.5 Å². The molecule has 0 N–H and O–H groups in total. The van der Waals surface area contributed by atoms with Gasteiger partial charge in [-0.1, -0.05) is 0 Å². The largest absolute Gasteiger partial charge is 0.466 e. The van der Waals surface area contributed by atoms with Crippen molar-refractivity contribution < 1.29 is 38.0 Å². The fourth-order valence-electron chi connectivity index (χ4n) is 1.36. The Kier molecular flexibility index (Phi) is 6.01. The van der Waals surface area contributed by atoms with Crippen molar-refractivity contribution in [3.05, 3.63) is 23.7 Å². The van der Waals surface area contributed by atoms with Gasteiger partial charge in [-0.2, -0.15) is 0 Å². The first-order valence-corrected chi connectivity index (χ1v) is 5.53. The van der Waals surface area contributed by atoms with Gasteiger partial charge in [0.15, 0.2) is 11.5 Å². The highest BCUT2D eigenvalue weighted by atomic mass is 16.8. The van der Waals surface area contributed by atoms with Gasteiger partial charge in [0.05, 0.1) is 26.4 Å². The maximum Gasteiger partial charge on any atom is 0.334 e. The lowest BCUT2D eigenvalue weighted by atomic mass is 10.3. The van der Waals surface area contributed by atoms with Crippen LogP contribution in [0.2, 0.25) is 0 Å². The quantitative estimate of drug-likeness (QED) is 0.531. The van der Waals surface area contributed by atoms with Gasteiger partial charge >= 0.3 is 11.9 Å². The maximum atomic E-state index is 11.2. The van der Waals surface area contributed by atoms with Crippen LogP contribution in [0.4, 0.5) is 0 Å². The van der Waals surface area contributed by atoms with Crippen molar-refractivity contribution in [1.29, 1.82) is 0 Å². The van der Waals surface area contributed by atoms with Crippen LogP contribution >= 0.6 is 0 Å². The number of esters is 2. The van der Waals surface area contributed by atoms with E-state index in [4.69, 9.17) is 18.9 Å². The first kappa shape index (κ1) is 16.0. The van der Waals surface area contributed by atoms with Gasteiger partial charge in [0, 0.05) is 14.2 Å². The molecule has 2 unspecified atom stereocenters. The van der Waals surface area contributed by atoms with Crippen LogP contribution in [-0.4, -0.2) is 53.0 Å². The number of rotatable bonds is 4. The standard InChI is InChI=1S/C12H16O8/c1-15-9(13)5-7-11(17-3)20-8(6-10(14)16-2)12(18-4)19-7/h5-6,11-12H,1-4H3/b7-5-,8-6-. The van der Waals surface area contributed by atoms with Gasteiger partial charge in [-0.05, 0) is 0 Å². The van der Waals surface area contributed by atoms with Gasteiger partial charge in [0.25, 0.3) is 12.6 Å². The molecule has 1 aliphatic rings. The molecule has 1 saturated heterocycles. The summed E-state index contributed by atoms with van der Waals surface area (Å²) < 4.78 is 29.8. The Morgan fingerprint density at radius 3 is 1.45 bits per heavy atom. The Morgan fingerprint density at radius 2 is 1.20 bits per heavy atom. The van der Waals surface area contributed by atoms with Gasteiger partial charge in [-0.25, -0.2) is 9.59 Å². The van der Waals surface area contributed by atoms with Crippen molar-refractivity contribution in [2.24, 2.45) is 0 Å². The summed E-state index contributed by atoms with van der Waals surface area (Å²) in [6.07, 6.45) is 0.123. The van der Waals surface area contributed by atoms with Gasteiger partial charge in [-0.15, -0.1) is 0 Å². The summed E-state index contributed by atoms with van der Waals surface area (Å²) in [7, 11) is 5.15. The molecule has 0 bridgehead atoms. The van der Waals surface area contributed by atoms with E-state index in [0.29, 0.717) is 0 Å². The van der Waals surface area contributed by atoms with Crippen LogP contribution in [0.1, 0.15) is 0 Å². The summed E-state index contributed by atoms with van der Waals surface area (Å²) in [4.78, 5) is 22.4. The van der Waals surface area contributed by atoms with E-state index in [0.717, 1.165) is 12.2 Å². The summed E-state index contributed by atoms with van der Waals surface area (Å²) in [6, 6.07) is 0. The monoisotopic (exact) mass is 288 g/mol. The van der Waals surface area contributed by atoms with Crippen molar-refractivity contribution in [3.8, 4) is 0 Å². The Balaban J connectivity index is 2.99. The Morgan fingerprint density at radius 1 is 0.850 bits per heavy atom. The predicted molar refractivity (Wildman–Crippen MR) is 64.0 cm³/mol. The summed E-state index contributed by atoms with van der Waals surface area (Å²) in [6.45, 7) is 0. The second kappa shape index (κ2) is 7.51. The Hall–Kier alpha value is -2.06. The predicted octanol–water partition coefficient (Wildman–Crippen LogP) is 0.0920. The number of carbonyl (C=O) groups is 2. The van der Waals surface area contributed by atoms with E-state index in [2.05, 4.69) is 9.47 Å². The zero-order valence-corrected chi connectivity index (χ0v) is 11.6. The number of carbonyl (C=O) groups excluding carboxylic acids is 2. The molecule has 0 amide bonds. The summed E-state index contributed by atoms with van der Waals surface area (Å²) in [5.41, 5.74) is 0. The molecule has 20 heavy (non-hydrogen) atoms. The minimum Gasteiger partial charge on any atom is -0.466 e. The summed E-state index contributed by atoms with van der Waals surface area (Å²) >= 11 is 0. The molecular formula is C12H16O8. The molecule has 2 atom stereocenters. The van der Waals surface area contributed by atoms with Crippen molar-refractivity contribution in [1.82, 2.24) is 0 Å². The van der Waals surface area contributed by atoms with Gasteiger partial charge in [0.1, 0.15) is 0 Å². The first-order valence-electron chi connectivity index (χ1n) is 5.53. The van der Waals surface area contributed by atoms with E-state index >= 15 is 0 Å². The normalized spacial score (nSPS) is 25.8. The maximum absolute atomic E-state index is 11.2. The molecule has 0 aromatic carbocycles. The highest BCUT2D eigenvalue weighted by Gasteiger charge is 2.34. The van der Waals surface area contributed by atoms with Gasteiger partial charge in [0.2, 0.25) is 0 Å². The van der Waals surface area contributed by atoms with Crippen LogP contribution in [0.5, 0.6) is 0 Å². The van der Waals surface area contributed by atoms with Gasteiger partial charge in [-0.3, -0.25) is 0 Å². The van der Waals surface area contributed by atoms with E-state index in [-0.39, 0.29) is 11.5 Å². The van der Waals surface area contributed by atoms with E-state index in [1.807, 2.05) is 0 Å². The lowest BCUT2D eigenvalue weighted by Crippen LogP contribution is -2.35. The molecule has 1 aliphatic heterocycles. The molecule has 8 heteroatoms. The third-order valence-corrected chi connectivity index (χ3v) is 2.30. The highest BCUT2D eigenvalue weighted by molar-refractivity contribution is 5.83. The lowest BCUT2D eigenvalue weighted by Gasteiger charge is -2.32. The highest BCUT2D eigenvalue weighted by Crippen LogP contribution is 2.27. The molecule has 1 fully saturated rings. The third kappa shape index (κ3) is 3.97. The first-order chi connectivity index (χ1) is 9.55. The average molecular weight is 288 g/mol. The number of ether oxygens (including phenoxy) is 6. The molecule has 1 heterocycles. The van der Waals surface area contributed by atoms with Crippen molar-refractivity contribution in [2.45, 2.75) is 12.6 Å². The second-order valence-corrected chi connectivity index (χ2v) is 3.51. The molecule has 0 radical (unpaired) electrons. The molecule has 0 aromatic heterocycles. The number of hydrogen-bond donors (Lipinski definition) is 0. The fourth-order valence-corrected chi connectivity index (χ4v) is 1.36. The smallest absolute Gasteiger partial charge is 0.334 e. The Bertz CT molecular complexity index is 385. The van der Waals surface area contributed by atoms with Crippen LogP contribution in [0, 0.1) is 0 Å². The zero-order chi connectivity index (χ0) is 15.1. The number of methoxy groups -OCH3 is 4. The van der Waals surface area contributed by atoms with Crippen LogP contribution in [-0.2, 0) is 38.0 Å². The third-order valence-electron chi connectivity index (χ3n) is 2.30. The molecule has 0 spiro atoms. The lowest BCUT2D eigenvalue weighted by molar-refractivity contribution is -0.209. The average Bonchev–Trinajstić information content (AvgIpc) is 2.47. The van der Waals surface area contributed by atoms with Crippen LogP contribution in [0.15, 0.2) is 23.7 Å². The molecule has 1 rings (SSSR count). The van der Waals surface area contributed by atoms with Crippen molar-refractivity contribution in [3.63, 3.8) is 0 Å². The zero-order valence-electron chi connectivity index (χ0n) is 11.6. The minimum absolute atomic E-state index is 0.0632. The van der Waals surface area contributed by atoms with Crippen molar-refractivity contribution in [2.75, 3.05) is 28.4 Å². The van der Waals surface area contributed by atoms with Crippen molar-refractivity contribution >= 4 is 11.9 Å². The van der Waals surface area contributed by atoms with Gasteiger partial charge < -0.3 is 28.4 Å². The van der Waals surface area contributed by atoms with E-state index in [1.165, 1.54) is 28.4 Å². The van der Waals surface area contributed by atoms with Crippen LogP contribution < -0.4 is 0 Å². The molecular weight excluding hydrogens is 272 g/mol. The Labute approximate surface area is 115 Å². The molecule has 0 aliphatic carbocycles. The molecule has 0 saturated carbocycles. The topological polar surface area (TPSA) is 89.5 Å².